The molecule has 2 amide bonds. The first-order chi connectivity index (χ1) is 14.7. The summed E-state index contributed by atoms with van der Waals surface area (Å²) in [5.41, 5.74) is 5.00. The van der Waals surface area contributed by atoms with E-state index in [1.807, 2.05) is 35.7 Å². The molecule has 3 heterocycles. The lowest BCUT2D eigenvalue weighted by Gasteiger charge is -2.23. The summed E-state index contributed by atoms with van der Waals surface area (Å²) in [4.78, 5) is 33.1. The maximum Gasteiger partial charge on any atom is 0.230 e. The summed E-state index contributed by atoms with van der Waals surface area (Å²) in [6.45, 7) is 1.61. The second kappa shape index (κ2) is 7.91. The van der Waals surface area contributed by atoms with Crippen molar-refractivity contribution < 1.29 is 9.59 Å². The average Bonchev–Trinajstić information content (AvgIpc) is 3.48. The summed E-state index contributed by atoms with van der Waals surface area (Å²) in [5.74, 6) is -0.000274. The van der Waals surface area contributed by atoms with Crippen molar-refractivity contribution in [3.63, 3.8) is 0 Å². The Hall–Kier alpha value is -3.19. The number of amides is 2. The molecule has 1 fully saturated rings. The number of aromatic nitrogens is 1. The zero-order chi connectivity index (χ0) is 20.5. The van der Waals surface area contributed by atoms with Gasteiger partial charge in [-0.3, -0.25) is 14.5 Å². The number of rotatable bonds is 5. The van der Waals surface area contributed by atoms with Gasteiger partial charge >= 0.3 is 0 Å². The quantitative estimate of drug-likeness (QED) is 0.676. The van der Waals surface area contributed by atoms with Gasteiger partial charge < -0.3 is 10.2 Å². The van der Waals surface area contributed by atoms with E-state index in [1.54, 1.807) is 4.90 Å². The molecule has 6 nitrogen and oxygen atoms in total. The molecular weight excluding hydrogens is 396 g/mol. The van der Waals surface area contributed by atoms with Crippen molar-refractivity contribution in [3.05, 3.63) is 65.2 Å². The highest BCUT2D eigenvalue weighted by Gasteiger charge is 2.25. The number of para-hydroxylation sites is 3. The Bertz CT molecular complexity index is 1110. The van der Waals surface area contributed by atoms with Crippen LogP contribution in [0.2, 0.25) is 0 Å². The Labute approximate surface area is 179 Å². The third kappa shape index (κ3) is 3.57. The van der Waals surface area contributed by atoms with Gasteiger partial charge in [0.25, 0.3) is 0 Å². The van der Waals surface area contributed by atoms with E-state index < -0.39 is 0 Å². The molecule has 0 unspecified atom stereocenters. The normalized spacial score (nSPS) is 15.5. The number of hydrogen-bond acceptors (Lipinski definition) is 5. The number of hydrogen-bond donors (Lipinski definition) is 1. The molecule has 1 N–H and O–H groups in total. The third-order valence-electron chi connectivity index (χ3n) is 5.54. The minimum atomic E-state index is -0.112. The van der Waals surface area contributed by atoms with Crippen LogP contribution in [0.1, 0.15) is 24.1 Å². The zero-order valence-electron chi connectivity index (χ0n) is 16.5. The van der Waals surface area contributed by atoms with Crippen LogP contribution in [0.25, 0.3) is 0 Å². The minimum absolute atomic E-state index is 0.111. The first kappa shape index (κ1) is 18.8. The highest BCUT2D eigenvalue weighted by atomic mass is 32.1. The van der Waals surface area contributed by atoms with Crippen LogP contribution in [-0.4, -0.2) is 29.9 Å². The summed E-state index contributed by atoms with van der Waals surface area (Å²) in [6.07, 6.45) is 2.62. The van der Waals surface area contributed by atoms with Crippen LogP contribution in [-0.2, 0) is 22.4 Å². The molecular formula is C23H22N4O2S. The average molecular weight is 419 g/mol. The van der Waals surface area contributed by atoms with Crippen LogP contribution in [0.5, 0.6) is 0 Å². The van der Waals surface area contributed by atoms with Gasteiger partial charge in [0.1, 0.15) is 0 Å². The fourth-order valence-electron chi connectivity index (χ4n) is 4.11. The smallest absolute Gasteiger partial charge is 0.230 e. The van der Waals surface area contributed by atoms with E-state index in [2.05, 4.69) is 33.4 Å². The van der Waals surface area contributed by atoms with Crippen molar-refractivity contribution in [2.75, 3.05) is 28.2 Å². The van der Waals surface area contributed by atoms with Crippen LogP contribution in [0.15, 0.2) is 53.9 Å². The number of anilines is 4. The molecule has 1 aromatic heterocycles. The number of benzene rings is 2. The lowest BCUT2D eigenvalue weighted by molar-refractivity contribution is -0.117. The zero-order valence-corrected chi connectivity index (χ0v) is 17.3. The Morgan fingerprint density at radius 1 is 1.00 bits per heavy atom. The molecule has 152 valence electrons. The molecule has 2 aliphatic rings. The fourth-order valence-corrected chi connectivity index (χ4v) is 4.98. The summed E-state index contributed by atoms with van der Waals surface area (Å²) in [5, 5.41) is 5.61. The molecule has 30 heavy (non-hydrogen) atoms. The van der Waals surface area contributed by atoms with Gasteiger partial charge in [-0.15, -0.1) is 11.3 Å². The van der Waals surface area contributed by atoms with Crippen LogP contribution in [0.3, 0.4) is 0 Å². The molecule has 7 heteroatoms. The standard InChI is InChI=1S/C23H22N4O2S/c28-21(14-17-15-30-23(24-17)27-12-5-10-22(27)29)25-18-7-2-4-9-20(18)26-13-11-16-6-1-3-8-19(16)26/h1-4,6-9,15H,5,10-14H2,(H,25,28). The van der Waals surface area contributed by atoms with Gasteiger partial charge in [0, 0.05) is 30.6 Å². The molecule has 5 rings (SSSR count). The number of fused-ring (bicyclic) bond motifs is 1. The van der Waals surface area contributed by atoms with Crippen molar-refractivity contribution in [1.29, 1.82) is 0 Å². The van der Waals surface area contributed by atoms with Gasteiger partial charge in [-0.1, -0.05) is 30.3 Å². The highest BCUT2D eigenvalue weighted by molar-refractivity contribution is 7.14. The molecule has 0 radical (unpaired) electrons. The monoisotopic (exact) mass is 418 g/mol. The van der Waals surface area contributed by atoms with E-state index in [4.69, 9.17) is 0 Å². The van der Waals surface area contributed by atoms with Crippen molar-refractivity contribution in [1.82, 2.24) is 4.98 Å². The van der Waals surface area contributed by atoms with Crippen LogP contribution < -0.4 is 15.1 Å². The molecule has 0 bridgehead atoms. The lowest BCUT2D eigenvalue weighted by atomic mass is 10.1. The number of nitrogens with zero attached hydrogens (tertiary/aromatic N) is 3. The van der Waals surface area contributed by atoms with E-state index >= 15 is 0 Å². The largest absolute Gasteiger partial charge is 0.339 e. The summed E-state index contributed by atoms with van der Waals surface area (Å²) < 4.78 is 0. The number of nitrogens with one attached hydrogen (secondary N) is 1. The minimum Gasteiger partial charge on any atom is -0.339 e. The predicted octanol–water partition coefficient (Wildman–Crippen LogP) is 4.15. The van der Waals surface area contributed by atoms with Gasteiger partial charge in [0.05, 0.1) is 23.5 Å². The first-order valence-electron chi connectivity index (χ1n) is 10.2. The fraction of sp³-hybridized carbons (Fsp3) is 0.261. The van der Waals surface area contributed by atoms with Crippen LogP contribution in [0, 0.1) is 0 Å². The third-order valence-corrected chi connectivity index (χ3v) is 6.45. The second-order valence-corrected chi connectivity index (χ2v) is 8.38. The number of thiazole rings is 1. The van der Waals surface area contributed by atoms with Crippen molar-refractivity contribution in [2.45, 2.75) is 25.7 Å². The van der Waals surface area contributed by atoms with E-state index in [0.29, 0.717) is 23.8 Å². The number of carbonyl (C=O) groups is 2. The Kier molecular flexibility index (Phi) is 4.96. The number of carbonyl (C=O) groups excluding carboxylic acids is 2. The van der Waals surface area contributed by atoms with E-state index in [0.717, 1.165) is 30.8 Å². The topological polar surface area (TPSA) is 65.5 Å². The first-order valence-corrected chi connectivity index (χ1v) is 11.1. The van der Waals surface area contributed by atoms with E-state index in [-0.39, 0.29) is 18.2 Å². The maximum absolute atomic E-state index is 12.7. The Morgan fingerprint density at radius 3 is 2.63 bits per heavy atom. The Morgan fingerprint density at radius 2 is 1.80 bits per heavy atom. The van der Waals surface area contributed by atoms with Gasteiger partial charge in [-0.05, 0) is 36.6 Å². The molecule has 2 aromatic carbocycles. The van der Waals surface area contributed by atoms with Crippen LogP contribution >= 0.6 is 11.3 Å². The van der Waals surface area contributed by atoms with E-state index in [9.17, 15) is 9.59 Å². The second-order valence-electron chi connectivity index (χ2n) is 7.54. The van der Waals surface area contributed by atoms with Gasteiger partial charge in [-0.2, -0.15) is 0 Å². The summed E-state index contributed by atoms with van der Waals surface area (Å²) in [6, 6.07) is 16.3. The molecule has 0 atom stereocenters. The van der Waals surface area contributed by atoms with Crippen molar-refractivity contribution >= 4 is 45.3 Å². The molecule has 0 aliphatic carbocycles. The van der Waals surface area contributed by atoms with Gasteiger partial charge in [-0.25, -0.2) is 4.98 Å². The molecule has 1 saturated heterocycles. The molecule has 0 saturated carbocycles. The van der Waals surface area contributed by atoms with Gasteiger partial charge in [0.2, 0.25) is 11.8 Å². The molecule has 0 spiro atoms. The maximum atomic E-state index is 12.7. The highest BCUT2D eigenvalue weighted by Crippen LogP contribution is 2.38. The summed E-state index contributed by atoms with van der Waals surface area (Å²) in [7, 11) is 0. The van der Waals surface area contributed by atoms with E-state index in [1.165, 1.54) is 22.6 Å². The predicted molar refractivity (Wildman–Crippen MR) is 120 cm³/mol. The SMILES string of the molecule is O=C(Cc1csc(N2CCCC2=O)n1)Nc1ccccc1N1CCc2ccccc21. The molecule has 2 aliphatic heterocycles. The summed E-state index contributed by atoms with van der Waals surface area (Å²) >= 11 is 1.42. The van der Waals surface area contributed by atoms with Crippen molar-refractivity contribution in [2.24, 2.45) is 0 Å². The van der Waals surface area contributed by atoms with Crippen molar-refractivity contribution in [3.8, 4) is 0 Å². The van der Waals surface area contributed by atoms with Crippen LogP contribution in [0.4, 0.5) is 22.2 Å². The van der Waals surface area contributed by atoms with Gasteiger partial charge in [0.15, 0.2) is 5.13 Å². The molecule has 3 aromatic rings. The lowest BCUT2D eigenvalue weighted by Crippen LogP contribution is -2.23. The Balaban J connectivity index is 1.31.